The van der Waals surface area contributed by atoms with Gasteiger partial charge in [0.25, 0.3) is 0 Å². The zero-order valence-electron chi connectivity index (χ0n) is 22.0. The molecule has 3 aromatic carbocycles. The number of nitrogens with zero attached hydrogens (tertiary/aromatic N) is 1. The fourth-order valence-electron chi connectivity index (χ4n) is 4.62. The summed E-state index contributed by atoms with van der Waals surface area (Å²) in [6.45, 7) is 5.58. The second-order valence-corrected chi connectivity index (χ2v) is 9.61. The first-order valence-corrected chi connectivity index (χ1v) is 12.6. The summed E-state index contributed by atoms with van der Waals surface area (Å²) in [6.07, 6.45) is 1.20. The SMILES string of the molecule is CC(C)NC1c2ccc(OCc3ccccc3)c(N(C)Cc3ccccc3)c2CCC1O.O=C(O)C(=O)O. The molecule has 0 amide bonds. The summed E-state index contributed by atoms with van der Waals surface area (Å²) in [5, 5.41) is 29.1. The van der Waals surface area contributed by atoms with Gasteiger partial charge in [0.15, 0.2) is 0 Å². The van der Waals surface area contributed by atoms with Crippen LogP contribution in [-0.2, 0) is 29.2 Å². The van der Waals surface area contributed by atoms with Crippen molar-refractivity contribution in [3.05, 3.63) is 95.1 Å². The molecular weight excluding hydrogens is 484 g/mol. The maximum absolute atomic E-state index is 10.7. The first kappa shape index (κ1) is 28.7. The van der Waals surface area contributed by atoms with Gasteiger partial charge in [-0.3, -0.25) is 0 Å². The monoisotopic (exact) mass is 520 g/mol. The van der Waals surface area contributed by atoms with Gasteiger partial charge in [0.1, 0.15) is 12.4 Å². The number of aliphatic hydroxyl groups is 1. The Kier molecular flexibility index (Phi) is 10.3. The molecule has 0 heterocycles. The average Bonchev–Trinajstić information content (AvgIpc) is 2.90. The number of aliphatic carboxylic acids is 2. The summed E-state index contributed by atoms with van der Waals surface area (Å²) in [5.41, 5.74) is 5.99. The van der Waals surface area contributed by atoms with E-state index in [2.05, 4.69) is 79.6 Å². The van der Waals surface area contributed by atoms with Crippen molar-refractivity contribution in [2.75, 3.05) is 11.9 Å². The maximum atomic E-state index is 10.7. The highest BCUT2D eigenvalue weighted by Gasteiger charge is 2.32. The number of hydrogen-bond donors (Lipinski definition) is 4. The Labute approximate surface area is 223 Å². The van der Waals surface area contributed by atoms with Crippen molar-refractivity contribution in [1.29, 1.82) is 0 Å². The van der Waals surface area contributed by atoms with Gasteiger partial charge in [0.2, 0.25) is 0 Å². The number of aliphatic hydroxyl groups excluding tert-OH is 1. The molecule has 3 aromatic rings. The van der Waals surface area contributed by atoms with Crippen molar-refractivity contribution in [3.8, 4) is 5.75 Å². The van der Waals surface area contributed by atoms with Gasteiger partial charge in [-0.25, -0.2) is 9.59 Å². The van der Waals surface area contributed by atoms with E-state index in [1.165, 1.54) is 16.7 Å². The zero-order valence-corrected chi connectivity index (χ0v) is 22.0. The minimum absolute atomic E-state index is 0.0641. The van der Waals surface area contributed by atoms with Gasteiger partial charge in [-0.2, -0.15) is 0 Å². The van der Waals surface area contributed by atoms with Crippen LogP contribution in [0.2, 0.25) is 0 Å². The van der Waals surface area contributed by atoms with Gasteiger partial charge in [-0.15, -0.1) is 0 Å². The molecule has 4 N–H and O–H groups in total. The number of hydrogen-bond acceptors (Lipinski definition) is 6. The minimum Gasteiger partial charge on any atom is -0.487 e. The quantitative estimate of drug-likeness (QED) is 0.323. The van der Waals surface area contributed by atoms with E-state index in [-0.39, 0.29) is 12.1 Å². The number of nitrogens with one attached hydrogen (secondary N) is 1. The Morgan fingerprint density at radius 2 is 1.53 bits per heavy atom. The standard InChI is InChI=1S/C28H34N2O2.C2H2O4/c1-20(2)29-27-23-15-17-26(32-19-22-12-8-5-9-13-22)28(24(23)14-16-25(27)31)30(3)18-21-10-6-4-7-11-21;3-1(4)2(5)6/h4-13,15,17,20,25,27,29,31H,14,16,18-19H2,1-3H3;(H,3,4)(H,5,6). The van der Waals surface area contributed by atoms with E-state index in [0.29, 0.717) is 12.6 Å². The summed E-state index contributed by atoms with van der Waals surface area (Å²) in [5.74, 6) is -2.75. The number of anilines is 1. The molecule has 8 heteroatoms. The molecule has 0 radical (unpaired) electrons. The van der Waals surface area contributed by atoms with Crippen LogP contribution >= 0.6 is 0 Å². The summed E-state index contributed by atoms with van der Waals surface area (Å²) in [7, 11) is 2.13. The molecule has 2 atom stereocenters. The molecule has 38 heavy (non-hydrogen) atoms. The Bertz CT molecular complexity index is 1190. The number of rotatable bonds is 8. The normalized spacial score (nSPS) is 16.1. The van der Waals surface area contributed by atoms with Crippen LogP contribution in [0.5, 0.6) is 5.75 Å². The van der Waals surface area contributed by atoms with Gasteiger partial charge in [0, 0.05) is 19.6 Å². The number of fused-ring (bicyclic) bond motifs is 1. The predicted molar refractivity (Wildman–Crippen MR) is 146 cm³/mol. The number of ether oxygens (including phenoxy) is 1. The lowest BCUT2D eigenvalue weighted by Crippen LogP contribution is -2.39. The zero-order chi connectivity index (χ0) is 27.7. The van der Waals surface area contributed by atoms with Crippen LogP contribution in [0.15, 0.2) is 72.8 Å². The highest BCUT2D eigenvalue weighted by Crippen LogP contribution is 2.42. The van der Waals surface area contributed by atoms with Crippen molar-refractivity contribution in [2.24, 2.45) is 0 Å². The molecule has 202 valence electrons. The van der Waals surface area contributed by atoms with E-state index in [1.54, 1.807) is 0 Å². The lowest BCUT2D eigenvalue weighted by molar-refractivity contribution is -0.159. The molecule has 0 fully saturated rings. The molecule has 0 bridgehead atoms. The van der Waals surface area contributed by atoms with Gasteiger partial charge < -0.3 is 30.3 Å². The van der Waals surface area contributed by atoms with Crippen LogP contribution in [0.1, 0.15) is 48.6 Å². The first-order valence-electron chi connectivity index (χ1n) is 12.6. The number of carboxylic acids is 2. The summed E-state index contributed by atoms with van der Waals surface area (Å²) >= 11 is 0. The van der Waals surface area contributed by atoms with Gasteiger partial charge in [-0.1, -0.05) is 80.6 Å². The topological polar surface area (TPSA) is 119 Å². The minimum atomic E-state index is -1.82. The fraction of sp³-hybridized carbons (Fsp3) is 0.333. The molecule has 0 saturated heterocycles. The molecular formula is C30H36N2O6. The third kappa shape index (κ3) is 7.81. The van der Waals surface area contributed by atoms with E-state index < -0.39 is 11.9 Å². The molecule has 4 rings (SSSR count). The number of carbonyl (C=O) groups is 2. The molecule has 8 nitrogen and oxygen atoms in total. The van der Waals surface area contributed by atoms with Crippen molar-refractivity contribution in [3.63, 3.8) is 0 Å². The lowest BCUT2D eigenvalue weighted by Gasteiger charge is -2.36. The Hall–Kier alpha value is -3.88. The molecule has 0 saturated carbocycles. The Balaban J connectivity index is 0.000000599. The fourth-order valence-corrected chi connectivity index (χ4v) is 4.62. The van der Waals surface area contributed by atoms with Crippen molar-refractivity contribution in [1.82, 2.24) is 5.32 Å². The van der Waals surface area contributed by atoms with E-state index in [0.717, 1.165) is 36.4 Å². The van der Waals surface area contributed by atoms with Crippen LogP contribution in [0.25, 0.3) is 0 Å². The highest BCUT2D eigenvalue weighted by molar-refractivity contribution is 6.27. The summed E-state index contributed by atoms with van der Waals surface area (Å²) < 4.78 is 6.37. The molecule has 2 unspecified atom stereocenters. The van der Waals surface area contributed by atoms with Crippen LogP contribution in [0, 0.1) is 0 Å². The summed E-state index contributed by atoms with van der Waals surface area (Å²) in [4.78, 5) is 20.5. The van der Waals surface area contributed by atoms with Crippen molar-refractivity contribution >= 4 is 17.6 Å². The van der Waals surface area contributed by atoms with E-state index in [4.69, 9.17) is 24.5 Å². The second-order valence-electron chi connectivity index (χ2n) is 9.61. The molecule has 1 aliphatic carbocycles. The number of benzene rings is 3. The van der Waals surface area contributed by atoms with Crippen molar-refractivity contribution < 1.29 is 29.6 Å². The Morgan fingerprint density at radius 3 is 2.08 bits per heavy atom. The smallest absolute Gasteiger partial charge is 0.414 e. The molecule has 0 aliphatic heterocycles. The second kappa shape index (κ2) is 13.6. The van der Waals surface area contributed by atoms with E-state index in [9.17, 15) is 5.11 Å². The molecule has 0 spiro atoms. The van der Waals surface area contributed by atoms with Crippen LogP contribution < -0.4 is 15.0 Å². The maximum Gasteiger partial charge on any atom is 0.414 e. The summed E-state index contributed by atoms with van der Waals surface area (Å²) in [6, 6.07) is 25.2. The van der Waals surface area contributed by atoms with Crippen molar-refractivity contribution in [2.45, 2.75) is 58.0 Å². The average molecular weight is 521 g/mol. The van der Waals surface area contributed by atoms with Gasteiger partial charge in [-0.05, 0) is 41.2 Å². The third-order valence-electron chi connectivity index (χ3n) is 6.27. The van der Waals surface area contributed by atoms with Gasteiger partial charge in [0.05, 0.1) is 17.8 Å². The van der Waals surface area contributed by atoms with Crippen LogP contribution in [0.3, 0.4) is 0 Å². The van der Waals surface area contributed by atoms with E-state index >= 15 is 0 Å². The largest absolute Gasteiger partial charge is 0.487 e. The number of carboxylic acid groups (broad SMARTS) is 2. The van der Waals surface area contributed by atoms with Crippen LogP contribution in [-0.4, -0.2) is 46.5 Å². The predicted octanol–water partition coefficient (Wildman–Crippen LogP) is 4.40. The molecule has 0 aromatic heterocycles. The van der Waals surface area contributed by atoms with Gasteiger partial charge >= 0.3 is 11.9 Å². The lowest BCUT2D eigenvalue weighted by atomic mass is 9.83. The highest BCUT2D eigenvalue weighted by atomic mass is 16.5. The first-order chi connectivity index (χ1) is 18.2. The Morgan fingerprint density at radius 1 is 0.947 bits per heavy atom. The van der Waals surface area contributed by atoms with E-state index in [1.807, 2.05) is 24.3 Å². The van der Waals surface area contributed by atoms with Crippen LogP contribution in [0.4, 0.5) is 5.69 Å². The third-order valence-corrected chi connectivity index (χ3v) is 6.27. The molecule has 1 aliphatic rings.